The van der Waals surface area contributed by atoms with Crippen molar-refractivity contribution in [1.82, 2.24) is 9.88 Å². The first-order chi connectivity index (χ1) is 7.59. The fraction of sp³-hybridized carbons (Fsp3) is 0.545. The number of nitrogens with zero attached hydrogens (tertiary/aromatic N) is 1. The number of hydrogen-bond acceptors (Lipinski definition) is 3. The molecule has 1 aliphatic rings. The van der Waals surface area contributed by atoms with E-state index in [1.807, 2.05) is 6.92 Å². The van der Waals surface area contributed by atoms with Crippen LogP contribution in [0, 0.1) is 0 Å². The van der Waals surface area contributed by atoms with Gasteiger partial charge in [-0.1, -0.05) is 0 Å². The van der Waals surface area contributed by atoms with Gasteiger partial charge in [-0.2, -0.15) is 0 Å². The highest BCUT2D eigenvalue weighted by Crippen LogP contribution is 2.20. The average Bonchev–Trinajstić information content (AvgIpc) is 2.85. The van der Waals surface area contributed by atoms with Gasteiger partial charge >= 0.3 is 0 Å². The number of nitrogens with one attached hydrogen (secondary N) is 1. The van der Waals surface area contributed by atoms with Crippen molar-refractivity contribution in [2.24, 2.45) is 0 Å². The largest absolute Gasteiger partial charge is 0.397 e. The molecule has 0 spiro atoms. The molecule has 3 N–H and O–H groups in total. The first kappa shape index (κ1) is 11.0. The quantitative estimate of drug-likeness (QED) is 0.780. The van der Waals surface area contributed by atoms with Crippen molar-refractivity contribution in [3.05, 3.63) is 18.0 Å². The van der Waals surface area contributed by atoms with Crippen LogP contribution < -0.4 is 5.73 Å². The second kappa shape index (κ2) is 4.17. The monoisotopic (exact) mass is 223 g/mol. The molecule has 0 bridgehead atoms. The molecule has 0 saturated carbocycles. The Bertz CT molecular complexity index is 388. The molecule has 1 saturated heterocycles. The van der Waals surface area contributed by atoms with E-state index in [-0.39, 0.29) is 18.1 Å². The number of carbonyl (C=O) groups is 1. The standard InChI is InChI=1S/C11H17N3O2/c1-7-10(3-4-16-7)14(2)11(15)9-5-8(12)6-13-9/h5-7,10,13H,3-4,12H2,1-2H3. The lowest BCUT2D eigenvalue weighted by atomic mass is 10.1. The zero-order chi connectivity index (χ0) is 11.7. The molecule has 88 valence electrons. The number of H-pyrrole nitrogens is 1. The number of ether oxygens (including phenoxy) is 1. The van der Waals surface area contributed by atoms with E-state index >= 15 is 0 Å². The third-order valence-corrected chi connectivity index (χ3v) is 3.09. The highest BCUT2D eigenvalue weighted by atomic mass is 16.5. The highest BCUT2D eigenvalue weighted by Gasteiger charge is 2.31. The first-order valence-corrected chi connectivity index (χ1v) is 5.42. The van der Waals surface area contributed by atoms with Gasteiger partial charge in [0.2, 0.25) is 0 Å². The number of nitrogens with two attached hydrogens (primary N) is 1. The summed E-state index contributed by atoms with van der Waals surface area (Å²) in [6.45, 7) is 2.71. The van der Waals surface area contributed by atoms with Gasteiger partial charge in [-0.3, -0.25) is 4.79 Å². The van der Waals surface area contributed by atoms with Crippen LogP contribution in [0.3, 0.4) is 0 Å². The molecule has 1 aliphatic heterocycles. The van der Waals surface area contributed by atoms with E-state index in [1.165, 1.54) is 0 Å². The molecule has 2 unspecified atom stereocenters. The van der Waals surface area contributed by atoms with Crippen molar-refractivity contribution >= 4 is 11.6 Å². The summed E-state index contributed by atoms with van der Waals surface area (Å²) in [6, 6.07) is 1.80. The SMILES string of the molecule is CC1OCCC1N(C)C(=O)c1cc(N)c[nH]1. The second-order valence-electron chi connectivity index (χ2n) is 4.19. The number of hydrogen-bond donors (Lipinski definition) is 2. The number of nitrogen functional groups attached to an aromatic ring is 1. The zero-order valence-electron chi connectivity index (χ0n) is 9.56. The van der Waals surface area contributed by atoms with Gasteiger partial charge in [0, 0.05) is 25.5 Å². The van der Waals surface area contributed by atoms with E-state index in [9.17, 15) is 4.79 Å². The van der Waals surface area contributed by atoms with E-state index in [2.05, 4.69) is 4.98 Å². The molecule has 16 heavy (non-hydrogen) atoms. The summed E-state index contributed by atoms with van der Waals surface area (Å²) >= 11 is 0. The number of aromatic amines is 1. The van der Waals surface area contributed by atoms with E-state index < -0.39 is 0 Å². The van der Waals surface area contributed by atoms with E-state index in [0.29, 0.717) is 11.4 Å². The predicted octanol–water partition coefficient (Wildman–Crippen LogP) is 0.846. The Labute approximate surface area is 94.6 Å². The number of aromatic nitrogens is 1. The van der Waals surface area contributed by atoms with Crippen LogP contribution in [0.25, 0.3) is 0 Å². The Balaban J connectivity index is 2.10. The highest BCUT2D eigenvalue weighted by molar-refractivity contribution is 5.93. The minimum absolute atomic E-state index is 0.0425. The Hall–Kier alpha value is -1.49. The summed E-state index contributed by atoms with van der Waals surface area (Å²) < 4.78 is 5.45. The summed E-state index contributed by atoms with van der Waals surface area (Å²) in [6.07, 6.45) is 2.61. The van der Waals surface area contributed by atoms with Crippen molar-refractivity contribution in [3.63, 3.8) is 0 Å². The van der Waals surface area contributed by atoms with Gasteiger partial charge in [-0.05, 0) is 19.4 Å². The first-order valence-electron chi connectivity index (χ1n) is 5.42. The van der Waals surface area contributed by atoms with Crippen molar-refractivity contribution in [2.75, 3.05) is 19.4 Å². The number of anilines is 1. The van der Waals surface area contributed by atoms with Gasteiger partial charge in [0.05, 0.1) is 12.1 Å². The third-order valence-electron chi connectivity index (χ3n) is 3.09. The lowest BCUT2D eigenvalue weighted by molar-refractivity contribution is 0.0570. The Morgan fingerprint density at radius 2 is 2.44 bits per heavy atom. The molecular weight excluding hydrogens is 206 g/mol. The molecule has 5 nitrogen and oxygen atoms in total. The van der Waals surface area contributed by atoms with Gasteiger partial charge in [-0.15, -0.1) is 0 Å². The van der Waals surface area contributed by atoms with Gasteiger partial charge in [0.1, 0.15) is 5.69 Å². The molecule has 2 atom stereocenters. The van der Waals surface area contributed by atoms with E-state index in [4.69, 9.17) is 10.5 Å². The number of rotatable bonds is 2. The van der Waals surface area contributed by atoms with Crippen LogP contribution in [0.5, 0.6) is 0 Å². The van der Waals surface area contributed by atoms with Crippen molar-refractivity contribution in [1.29, 1.82) is 0 Å². The maximum atomic E-state index is 12.1. The minimum Gasteiger partial charge on any atom is -0.397 e. The third kappa shape index (κ3) is 1.90. The summed E-state index contributed by atoms with van der Waals surface area (Å²) in [5.74, 6) is -0.0425. The Morgan fingerprint density at radius 3 is 2.94 bits per heavy atom. The molecule has 1 aromatic rings. The average molecular weight is 223 g/mol. The summed E-state index contributed by atoms with van der Waals surface area (Å²) in [5.41, 5.74) is 6.67. The van der Waals surface area contributed by atoms with Crippen LogP contribution in [0.2, 0.25) is 0 Å². The second-order valence-corrected chi connectivity index (χ2v) is 4.19. The lowest BCUT2D eigenvalue weighted by Crippen LogP contribution is -2.41. The summed E-state index contributed by atoms with van der Waals surface area (Å²) in [7, 11) is 1.80. The lowest BCUT2D eigenvalue weighted by Gasteiger charge is -2.26. The summed E-state index contributed by atoms with van der Waals surface area (Å²) in [4.78, 5) is 16.7. The van der Waals surface area contributed by atoms with Gasteiger partial charge in [-0.25, -0.2) is 0 Å². The number of likely N-dealkylation sites (N-methyl/N-ethyl adjacent to an activating group) is 1. The maximum absolute atomic E-state index is 12.1. The Morgan fingerprint density at radius 1 is 1.69 bits per heavy atom. The fourth-order valence-corrected chi connectivity index (χ4v) is 2.10. The van der Waals surface area contributed by atoms with Gasteiger partial charge in [0.25, 0.3) is 5.91 Å². The minimum atomic E-state index is -0.0425. The van der Waals surface area contributed by atoms with Crippen molar-refractivity contribution < 1.29 is 9.53 Å². The smallest absolute Gasteiger partial charge is 0.270 e. The van der Waals surface area contributed by atoms with Crippen LogP contribution in [0.1, 0.15) is 23.8 Å². The van der Waals surface area contributed by atoms with Crippen LogP contribution >= 0.6 is 0 Å². The number of amides is 1. The topological polar surface area (TPSA) is 71.3 Å². The zero-order valence-corrected chi connectivity index (χ0v) is 9.56. The molecular formula is C11H17N3O2. The molecule has 1 amide bonds. The van der Waals surface area contributed by atoms with Gasteiger partial charge < -0.3 is 20.4 Å². The van der Waals surface area contributed by atoms with Crippen molar-refractivity contribution in [3.8, 4) is 0 Å². The molecule has 5 heteroatoms. The van der Waals surface area contributed by atoms with Gasteiger partial charge in [0.15, 0.2) is 0 Å². The molecule has 1 fully saturated rings. The van der Waals surface area contributed by atoms with Crippen LogP contribution in [0.15, 0.2) is 12.3 Å². The molecule has 1 aromatic heterocycles. The van der Waals surface area contributed by atoms with Crippen molar-refractivity contribution in [2.45, 2.75) is 25.5 Å². The normalized spacial score (nSPS) is 24.6. The molecule has 2 heterocycles. The molecule has 2 rings (SSSR count). The van der Waals surface area contributed by atoms with E-state index in [1.54, 1.807) is 24.2 Å². The van der Waals surface area contributed by atoms with Crippen LogP contribution in [-0.4, -0.2) is 41.6 Å². The van der Waals surface area contributed by atoms with Crippen LogP contribution in [-0.2, 0) is 4.74 Å². The van der Waals surface area contributed by atoms with Crippen LogP contribution in [0.4, 0.5) is 5.69 Å². The van der Waals surface area contributed by atoms with E-state index in [0.717, 1.165) is 13.0 Å². The molecule has 0 radical (unpaired) electrons. The number of carbonyl (C=O) groups excluding carboxylic acids is 1. The predicted molar refractivity (Wildman–Crippen MR) is 61.1 cm³/mol. The maximum Gasteiger partial charge on any atom is 0.270 e. The molecule has 0 aliphatic carbocycles. The molecule has 0 aromatic carbocycles. The summed E-state index contributed by atoms with van der Waals surface area (Å²) in [5, 5.41) is 0. The fourth-order valence-electron chi connectivity index (χ4n) is 2.10. The Kier molecular flexibility index (Phi) is 2.87.